The largest absolute Gasteiger partial charge is 0.486 e. The van der Waals surface area contributed by atoms with E-state index in [1.807, 2.05) is 0 Å². The molecule has 1 aromatic carbocycles. The van der Waals surface area contributed by atoms with Crippen LogP contribution in [0.25, 0.3) is 0 Å². The van der Waals surface area contributed by atoms with Gasteiger partial charge in [-0.25, -0.2) is 4.39 Å². The van der Waals surface area contributed by atoms with Gasteiger partial charge in [-0.05, 0) is 36.4 Å². The number of hydrogen-bond donors (Lipinski definition) is 2. The maximum atomic E-state index is 12.8. The Kier molecular flexibility index (Phi) is 6.01. The zero-order valence-corrected chi connectivity index (χ0v) is 13.2. The molecule has 5 nitrogen and oxygen atoms in total. The highest BCUT2D eigenvalue weighted by Gasteiger charge is 2.18. The van der Waals surface area contributed by atoms with Crippen molar-refractivity contribution >= 4 is 18.3 Å². The third-order valence-corrected chi connectivity index (χ3v) is 3.50. The van der Waals surface area contributed by atoms with Gasteiger partial charge in [0.05, 0.1) is 0 Å². The normalized spacial score (nSPS) is 13.8. The molecule has 0 aliphatic carbocycles. The molecule has 0 bridgehead atoms. The fourth-order valence-electron chi connectivity index (χ4n) is 2.08. The van der Waals surface area contributed by atoms with Crippen molar-refractivity contribution in [1.29, 1.82) is 0 Å². The van der Waals surface area contributed by atoms with Gasteiger partial charge in [-0.1, -0.05) is 0 Å². The van der Waals surface area contributed by atoms with Crippen molar-refractivity contribution in [3.63, 3.8) is 0 Å². The fraction of sp³-hybridized carbons (Fsp3) is 0.312. The Balaban J connectivity index is 0.00000192. The number of furan rings is 1. The molecule has 7 heteroatoms. The Morgan fingerprint density at radius 3 is 2.65 bits per heavy atom. The summed E-state index contributed by atoms with van der Waals surface area (Å²) in [5.74, 6) is 1.32. The van der Waals surface area contributed by atoms with Crippen LogP contribution in [-0.4, -0.2) is 25.5 Å². The predicted octanol–water partition coefficient (Wildman–Crippen LogP) is 2.37. The molecule has 1 saturated heterocycles. The van der Waals surface area contributed by atoms with Crippen LogP contribution in [0, 0.1) is 11.7 Å². The Morgan fingerprint density at radius 2 is 2.00 bits per heavy atom. The van der Waals surface area contributed by atoms with E-state index < -0.39 is 0 Å². The lowest BCUT2D eigenvalue weighted by atomic mass is 10.0. The molecule has 3 rings (SSSR count). The van der Waals surface area contributed by atoms with Crippen LogP contribution in [0.1, 0.15) is 16.3 Å². The van der Waals surface area contributed by atoms with E-state index in [-0.39, 0.29) is 36.5 Å². The third kappa shape index (κ3) is 4.71. The lowest BCUT2D eigenvalue weighted by molar-refractivity contribution is 0.0910. The molecule has 1 aliphatic rings. The summed E-state index contributed by atoms with van der Waals surface area (Å²) >= 11 is 0. The zero-order chi connectivity index (χ0) is 15.4. The van der Waals surface area contributed by atoms with E-state index >= 15 is 0 Å². The number of amides is 1. The molecule has 23 heavy (non-hydrogen) atoms. The molecule has 0 unspecified atom stereocenters. The van der Waals surface area contributed by atoms with Crippen LogP contribution in [0.5, 0.6) is 5.75 Å². The number of carbonyl (C=O) groups excluding carboxylic acids is 1. The maximum absolute atomic E-state index is 12.8. The SMILES string of the molecule is Cl.O=C(NCC1CNC1)c1ccc(COc2ccc(F)cc2)o1. The van der Waals surface area contributed by atoms with Gasteiger partial charge in [0, 0.05) is 25.6 Å². The van der Waals surface area contributed by atoms with Crippen molar-refractivity contribution in [2.45, 2.75) is 6.61 Å². The third-order valence-electron chi connectivity index (χ3n) is 3.50. The van der Waals surface area contributed by atoms with Crippen LogP contribution in [0.3, 0.4) is 0 Å². The quantitative estimate of drug-likeness (QED) is 0.847. The van der Waals surface area contributed by atoms with E-state index in [1.165, 1.54) is 12.1 Å². The van der Waals surface area contributed by atoms with Gasteiger partial charge >= 0.3 is 0 Å². The zero-order valence-electron chi connectivity index (χ0n) is 12.4. The summed E-state index contributed by atoms with van der Waals surface area (Å²) in [6.45, 7) is 2.71. The molecule has 2 heterocycles. The molecule has 1 amide bonds. The smallest absolute Gasteiger partial charge is 0.287 e. The molecule has 1 aliphatic heterocycles. The van der Waals surface area contributed by atoms with Gasteiger partial charge in [0.25, 0.3) is 5.91 Å². The molecule has 0 radical (unpaired) electrons. The van der Waals surface area contributed by atoms with Crippen molar-refractivity contribution in [2.24, 2.45) is 5.92 Å². The van der Waals surface area contributed by atoms with Gasteiger partial charge in [0.2, 0.25) is 0 Å². The lowest BCUT2D eigenvalue weighted by Gasteiger charge is -2.26. The predicted molar refractivity (Wildman–Crippen MR) is 85.4 cm³/mol. The minimum absolute atomic E-state index is 0. The summed E-state index contributed by atoms with van der Waals surface area (Å²) in [5.41, 5.74) is 0. The van der Waals surface area contributed by atoms with Crippen LogP contribution in [0.4, 0.5) is 4.39 Å². The second kappa shape index (κ2) is 7.99. The Hall–Kier alpha value is -2.05. The second-order valence-electron chi connectivity index (χ2n) is 5.24. The van der Waals surface area contributed by atoms with Crippen molar-refractivity contribution < 1.29 is 18.3 Å². The lowest BCUT2D eigenvalue weighted by Crippen LogP contribution is -2.48. The van der Waals surface area contributed by atoms with Gasteiger partial charge in [0.1, 0.15) is 23.9 Å². The summed E-state index contributed by atoms with van der Waals surface area (Å²) < 4.78 is 23.7. The highest BCUT2D eigenvalue weighted by Crippen LogP contribution is 2.15. The highest BCUT2D eigenvalue weighted by atomic mass is 35.5. The first-order chi connectivity index (χ1) is 10.7. The number of carbonyl (C=O) groups is 1. The summed E-state index contributed by atoms with van der Waals surface area (Å²) in [4.78, 5) is 11.9. The van der Waals surface area contributed by atoms with Crippen LogP contribution >= 0.6 is 12.4 Å². The highest BCUT2D eigenvalue weighted by molar-refractivity contribution is 5.91. The first-order valence-electron chi connectivity index (χ1n) is 7.17. The van der Waals surface area contributed by atoms with E-state index in [2.05, 4.69) is 10.6 Å². The number of rotatable bonds is 6. The minimum Gasteiger partial charge on any atom is -0.486 e. The summed E-state index contributed by atoms with van der Waals surface area (Å²) in [6, 6.07) is 9.05. The molecular formula is C16H18ClFN2O3. The molecule has 0 saturated carbocycles. The van der Waals surface area contributed by atoms with E-state index in [0.29, 0.717) is 24.0 Å². The first-order valence-corrected chi connectivity index (χ1v) is 7.17. The minimum atomic E-state index is -0.314. The second-order valence-corrected chi connectivity index (χ2v) is 5.24. The number of benzene rings is 1. The average molecular weight is 341 g/mol. The maximum Gasteiger partial charge on any atom is 0.287 e. The molecule has 1 aromatic heterocycles. The number of nitrogens with one attached hydrogen (secondary N) is 2. The van der Waals surface area contributed by atoms with E-state index in [1.54, 1.807) is 24.3 Å². The van der Waals surface area contributed by atoms with Crippen LogP contribution in [-0.2, 0) is 6.61 Å². The van der Waals surface area contributed by atoms with Crippen molar-refractivity contribution in [3.05, 3.63) is 53.7 Å². The van der Waals surface area contributed by atoms with Crippen molar-refractivity contribution in [3.8, 4) is 5.75 Å². The van der Waals surface area contributed by atoms with Gasteiger partial charge in [-0.3, -0.25) is 4.79 Å². The molecular weight excluding hydrogens is 323 g/mol. The van der Waals surface area contributed by atoms with Crippen LogP contribution < -0.4 is 15.4 Å². The summed E-state index contributed by atoms with van der Waals surface area (Å²) in [5, 5.41) is 5.99. The van der Waals surface area contributed by atoms with E-state index in [4.69, 9.17) is 9.15 Å². The monoisotopic (exact) mass is 340 g/mol. The standard InChI is InChI=1S/C16H17FN2O3.ClH/c17-12-1-3-13(4-2-12)21-10-14-5-6-15(22-14)16(20)19-9-11-7-18-8-11;/h1-6,11,18H,7-10H2,(H,19,20);1H. The van der Waals surface area contributed by atoms with E-state index in [9.17, 15) is 9.18 Å². The number of halogens is 2. The van der Waals surface area contributed by atoms with Crippen molar-refractivity contribution in [1.82, 2.24) is 10.6 Å². The topological polar surface area (TPSA) is 63.5 Å². The molecule has 1 fully saturated rings. The molecule has 124 valence electrons. The molecule has 2 N–H and O–H groups in total. The Bertz CT molecular complexity index is 641. The first kappa shape index (κ1) is 17.3. The van der Waals surface area contributed by atoms with Crippen molar-refractivity contribution in [2.75, 3.05) is 19.6 Å². The molecule has 0 atom stereocenters. The molecule has 0 spiro atoms. The number of hydrogen-bond acceptors (Lipinski definition) is 4. The summed E-state index contributed by atoms with van der Waals surface area (Å²) in [6.07, 6.45) is 0. The van der Waals surface area contributed by atoms with Crippen LogP contribution in [0.15, 0.2) is 40.8 Å². The molecule has 2 aromatic rings. The van der Waals surface area contributed by atoms with Gasteiger partial charge in [-0.2, -0.15) is 0 Å². The fourth-order valence-corrected chi connectivity index (χ4v) is 2.08. The Labute approximate surface area is 139 Å². The summed E-state index contributed by atoms with van der Waals surface area (Å²) in [7, 11) is 0. The number of ether oxygens (including phenoxy) is 1. The Morgan fingerprint density at radius 1 is 1.26 bits per heavy atom. The van der Waals surface area contributed by atoms with Gasteiger partial charge < -0.3 is 19.8 Å². The average Bonchev–Trinajstić information content (AvgIpc) is 2.94. The van der Waals surface area contributed by atoms with Gasteiger partial charge in [0.15, 0.2) is 5.76 Å². The van der Waals surface area contributed by atoms with Crippen LogP contribution in [0.2, 0.25) is 0 Å². The van der Waals surface area contributed by atoms with E-state index in [0.717, 1.165) is 13.1 Å². The van der Waals surface area contributed by atoms with Gasteiger partial charge in [-0.15, -0.1) is 12.4 Å².